The third-order valence-electron chi connectivity index (χ3n) is 6.06. The number of allylic oxidation sites excluding steroid dienone is 4. The molecule has 43 heavy (non-hydrogen) atoms. The van der Waals surface area contributed by atoms with E-state index in [1.807, 2.05) is 0 Å². The lowest BCUT2D eigenvalue weighted by Crippen LogP contribution is -2.35. The summed E-state index contributed by atoms with van der Waals surface area (Å²) in [5.74, 6) is -0.671. The maximum absolute atomic E-state index is 10.3. The third-order valence-corrected chi connectivity index (χ3v) is 6.06. The molecule has 0 unspecified atom stereocenters. The van der Waals surface area contributed by atoms with E-state index in [0.29, 0.717) is 32.6 Å². The van der Waals surface area contributed by atoms with Crippen LogP contribution in [-0.4, -0.2) is 103 Å². The van der Waals surface area contributed by atoms with Gasteiger partial charge in [-0.2, -0.15) is 0 Å². The van der Waals surface area contributed by atoms with Crippen LogP contribution in [0.4, 0.5) is 0 Å². The summed E-state index contributed by atoms with van der Waals surface area (Å²) in [6, 6.07) is 0. The van der Waals surface area contributed by atoms with Gasteiger partial charge in [-0.05, 0) is 38.5 Å². The van der Waals surface area contributed by atoms with Gasteiger partial charge in [0, 0.05) is 98.0 Å². The number of unbranched alkanes of at least 4 members (excludes halogenated alkanes) is 8. The number of nitrogens with two attached hydrogens (primary N) is 4. The van der Waals surface area contributed by atoms with Crippen molar-refractivity contribution in [3.05, 3.63) is 24.3 Å². The molecule has 0 radical (unpaired) electrons. The standard InChI is InChI=1S/C18H32O2.C8H23N5.C6H18N4/c1-2-3-4-5-6-7-8-9-10-11-12-13-14-15-16-17-18(19)20;9-1-3-11-5-7-13-8-6-12-4-2-10;7-1-3-9-5-6-10-4-2-8/h6-7,9-10H,2-5,8,11-17H2,1H3,(H,19,20);11-13H,1-10H2;9-10H,1-8H2/b7-6-,10-9-;;. The summed E-state index contributed by atoms with van der Waals surface area (Å²) >= 11 is 0. The van der Waals surface area contributed by atoms with Crippen molar-refractivity contribution in [1.82, 2.24) is 26.6 Å². The molecule has 11 heteroatoms. The van der Waals surface area contributed by atoms with Gasteiger partial charge >= 0.3 is 5.97 Å². The quantitative estimate of drug-likeness (QED) is 0.0401. The summed E-state index contributed by atoms with van der Waals surface area (Å²) in [6.45, 7) is 14.5. The van der Waals surface area contributed by atoms with Crippen LogP contribution in [0, 0.1) is 0 Å². The van der Waals surface area contributed by atoms with Gasteiger partial charge in [-0.15, -0.1) is 0 Å². The molecule has 0 bridgehead atoms. The Kier molecular flexibility index (Phi) is 50.8. The maximum atomic E-state index is 10.3. The number of nitrogens with one attached hydrogen (secondary N) is 5. The maximum Gasteiger partial charge on any atom is 0.303 e. The van der Waals surface area contributed by atoms with Gasteiger partial charge in [0.1, 0.15) is 0 Å². The lowest BCUT2D eigenvalue weighted by Gasteiger charge is -2.06. The molecule has 0 saturated carbocycles. The van der Waals surface area contributed by atoms with Crippen molar-refractivity contribution < 1.29 is 9.90 Å². The van der Waals surface area contributed by atoms with Crippen LogP contribution in [0.15, 0.2) is 24.3 Å². The van der Waals surface area contributed by atoms with Crippen LogP contribution < -0.4 is 49.5 Å². The van der Waals surface area contributed by atoms with Crippen molar-refractivity contribution in [2.45, 2.75) is 84.0 Å². The van der Waals surface area contributed by atoms with Crippen molar-refractivity contribution in [2.75, 3.05) is 91.6 Å². The minimum absolute atomic E-state index is 0.324. The minimum Gasteiger partial charge on any atom is -0.481 e. The number of carbonyl (C=O) groups is 1. The van der Waals surface area contributed by atoms with Crippen molar-refractivity contribution in [3.8, 4) is 0 Å². The second-order valence-electron chi connectivity index (χ2n) is 10.3. The zero-order valence-corrected chi connectivity index (χ0v) is 27.9. The van der Waals surface area contributed by atoms with E-state index in [0.717, 1.165) is 91.1 Å². The fraction of sp³-hybridized carbons (Fsp3) is 0.844. The first-order valence-electron chi connectivity index (χ1n) is 17.0. The average molecular weight is 616 g/mol. The largest absolute Gasteiger partial charge is 0.481 e. The molecule has 258 valence electrons. The highest BCUT2D eigenvalue weighted by atomic mass is 16.4. The monoisotopic (exact) mass is 616 g/mol. The number of carboxylic acid groups (broad SMARTS) is 1. The van der Waals surface area contributed by atoms with E-state index >= 15 is 0 Å². The van der Waals surface area contributed by atoms with Crippen LogP contribution in [0.2, 0.25) is 0 Å². The van der Waals surface area contributed by atoms with E-state index in [-0.39, 0.29) is 0 Å². The second-order valence-corrected chi connectivity index (χ2v) is 10.3. The van der Waals surface area contributed by atoms with E-state index in [2.05, 4.69) is 57.8 Å². The van der Waals surface area contributed by atoms with Gasteiger partial charge < -0.3 is 54.6 Å². The Hall–Kier alpha value is -1.41. The Balaban J connectivity index is -0.000000600. The highest BCUT2D eigenvalue weighted by molar-refractivity contribution is 5.66. The summed E-state index contributed by atoms with van der Waals surface area (Å²) in [7, 11) is 0. The zero-order chi connectivity index (χ0) is 32.3. The van der Waals surface area contributed by atoms with Gasteiger partial charge in [-0.1, -0.05) is 63.3 Å². The Morgan fingerprint density at radius 1 is 0.512 bits per heavy atom. The molecule has 0 spiro atoms. The molecular formula is C32H73N9O2. The second kappa shape index (κ2) is 47.5. The Labute approximate surface area is 265 Å². The highest BCUT2D eigenvalue weighted by Gasteiger charge is 1.95. The van der Waals surface area contributed by atoms with Crippen LogP contribution in [0.5, 0.6) is 0 Å². The van der Waals surface area contributed by atoms with Gasteiger partial charge in [0.15, 0.2) is 0 Å². The minimum atomic E-state index is -0.671. The van der Waals surface area contributed by atoms with Crippen LogP contribution in [0.3, 0.4) is 0 Å². The predicted octanol–water partition coefficient (Wildman–Crippen LogP) is 1.64. The summed E-state index contributed by atoms with van der Waals surface area (Å²) in [5.41, 5.74) is 21.2. The van der Waals surface area contributed by atoms with Gasteiger partial charge in [0.25, 0.3) is 0 Å². The normalized spacial score (nSPS) is 11.0. The summed E-state index contributed by atoms with van der Waals surface area (Å²) in [4.78, 5) is 10.3. The number of hydrogen-bond acceptors (Lipinski definition) is 10. The average Bonchev–Trinajstić information content (AvgIpc) is 3.00. The molecule has 0 amide bonds. The Morgan fingerprint density at radius 2 is 0.860 bits per heavy atom. The predicted molar refractivity (Wildman–Crippen MR) is 188 cm³/mol. The molecule has 11 nitrogen and oxygen atoms in total. The molecule has 0 aliphatic rings. The Morgan fingerprint density at radius 3 is 1.23 bits per heavy atom. The first-order valence-corrected chi connectivity index (χ1v) is 17.0. The van der Waals surface area contributed by atoms with Crippen molar-refractivity contribution in [1.29, 1.82) is 0 Å². The zero-order valence-electron chi connectivity index (χ0n) is 27.9. The Bertz CT molecular complexity index is 535. The van der Waals surface area contributed by atoms with Gasteiger partial charge in [0.05, 0.1) is 0 Å². The summed E-state index contributed by atoms with van der Waals surface area (Å²) in [6.07, 6.45) is 22.3. The van der Waals surface area contributed by atoms with Crippen LogP contribution in [0.1, 0.15) is 84.0 Å². The SMILES string of the molecule is CCCCC/C=C\C/C=C\CCCCCCCC(=O)O.NCCNCCNCCN.NCCNCCNCCNCCN. The molecule has 0 aromatic heterocycles. The lowest BCUT2D eigenvalue weighted by atomic mass is 10.1. The number of carboxylic acids is 1. The van der Waals surface area contributed by atoms with E-state index in [1.54, 1.807) is 0 Å². The van der Waals surface area contributed by atoms with Crippen molar-refractivity contribution in [3.63, 3.8) is 0 Å². The molecular weight excluding hydrogens is 542 g/mol. The topological polar surface area (TPSA) is 202 Å². The molecule has 0 rings (SSSR count). The third kappa shape index (κ3) is 56.9. The van der Waals surface area contributed by atoms with Crippen LogP contribution in [0.25, 0.3) is 0 Å². The molecule has 0 aliphatic heterocycles. The highest BCUT2D eigenvalue weighted by Crippen LogP contribution is 2.08. The molecule has 0 saturated heterocycles. The van der Waals surface area contributed by atoms with Gasteiger partial charge in [-0.3, -0.25) is 4.79 Å². The number of hydrogen-bond donors (Lipinski definition) is 10. The number of rotatable bonds is 31. The van der Waals surface area contributed by atoms with Gasteiger partial charge in [-0.25, -0.2) is 0 Å². The fourth-order valence-corrected chi connectivity index (χ4v) is 3.65. The fourth-order valence-electron chi connectivity index (χ4n) is 3.65. The van der Waals surface area contributed by atoms with E-state index in [9.17, 15) is 4.79 Å². The van der Waals surface area contributed by atoms with E-state index in [1.165, 1.54) is 44.9 Å². The van der Waals surface area contributed by atoms with E-state index < -0.39 is 5.97 Å². The van der Waals surface area contributed by atoms with E-state index in [4.69, 9.17) is 28.0 Å². The summed E-state index contributed by atoms with van der Waals surface area (Å²) < 4.78 is 0. The van der Waals surface area contributed by atoms with Gasteiger partial charge in [0.2, 0.25) is 0 Å². The first kappa shape index (κ1) is 46.0. The molecule has 0 aromatic rings. The molecule has 0 fully saturated rings. The lowest BCUT2D eigenvalue weighted by molar-refractivity contribution is -0.137. The summed E-state index contributed by atoms with van der Waals surface area (Å²) in [5, 5.41) is 24.5. The van der Waals surface area contributed by atoms with Crippen molar-refractivity contribution in [2.24, 2.45) is 22.9 Å². The molecule has 0 aliphatic carbocycles. The first-order chi connectivity index (χ1) is 21.1. The van der Waals surface area contributed by atoms with Crippen LogP contribution >= 0.6 is 0 Å². The van der Waals surface area contributed by atoms with Crippen molar-refractivity contribution >= 4 is 5.97 Å². The molecule has 0 aromatic carbocycles. The smallest absolute Gasteiger partial charge is 0.303 e. The van der Waals surface area contributed by atoms with Crippen LogP contribution in [-0.2, 0) is 4.79 Å². The number of aliphatic carboxylic acids is 1. The molecule has 0 heterocycles. The molecule has 0 atom stereocenters. The molecule has 14 N–H and O–H groups in total.